The number of hydrogen-bond acceptors (Lipinski definition) is 5. The van der Waals surface area contributed by atoms with Gasteiger partial charge >= 0.3 is 0 Å². The van der Waals surface area contributed by atoms with Crippen molar-refractivity contribution >= 4 is 27.8 Å². The van der Waals surface area contributed by atoms with Gasteiger partial charge in [-0.2, -0.15) is 0 Å². The number of ether oxygens (including phenoxy) is 2. The van der Waals surface area contributed by atoms with E-state index >= 15 is 0 Å². The van der Waals surface area contributed by atoms with Gasteiger partial charge in [-0.15, -0.1) is 0 Å². The molecule has 6 heteroatoms. The van der Waals surface area contributed by atoms with Gasteiger partial charge < -0.3 is 19.7 Å². The third-order valence-electron chi connectivity index (χ3n) is 3.16. The zero-order valence-corrected chi connectivity index (χ0v) is 14.1. The van der Waals surface area contributed by atoms with Crippen LogP contribution in [0.2, 0.25) is 0 Å². The Balaban J connectivity index is 2.37. The normalized spacial score (nSPS) is 10.7. The molecule has 0 bridgehead atoms. The van der Waals surface area contributed by atoms with Gasteiger partial charge in [0.05, 0.1) is 14.2 Å². The number of methoxy groups -OCH3 is 2. The minimum atomic E-state index is -0.457. The van der Waals surface area contributed by atoms with E-state index in [-0.39, 0.29) is 22.8 Å². The average Bonchev–Trinajstić information content (AvgIpc) is 2.54. The van der Waals surface area contributed by atoms with Crippen molar-refractivity contribution in [3.63, 3.8) is 0 Å². The van der Waals surface area contributed by atoms with Crippen molar-refractivity contribution in [2.75, 3.05) is 14.2 Å². The molecule has 0 aliphatic carbocycles. The van der Waals surface area contributed by atoms with Crippen molar-refractivity contribution in [3.8, 4) is 23.0 Å². The first-order chi connectivity index (χ1) is 11.0. The lowest BCUT2D eigenvalue weighted by Crippen LogP contribution is -2.00. The van der Waals surface area contributed by atoms with Crippen LogP contribution in [-0.2, 0) is 0 Å². The molecule has 0 radical (unpaired) electrons. The van der Waals surface area contributed by atoms with E-state index in [4.69, 9.17) is 9.47 Å². The summed E-state index contributed by atoms with van der Waals surface area (Å²) in [5, 5.41) is 19.8. The van der Waals surface area contributed by atoms with Crippen LogP contribution in [0.4, 0.5) is 0 Å². The summed E-state index contributed by atoms with van der Waals surface area (Å²) >= 11 is 3.29. The van der Waals surface area contributed by atoms with E-state index in [9.17, 15) is 15.0 Å². The highest BCUT2D eigenvalue weighted by Gasteiger charge is 2.17. The van der Waals surface area contributed by atoms with Crippen molar-refractivity contribution in [1.29, 1.82) is 0 Å². The zero-order valence-electron chi connectivity index (χ0n) is 12.5. The molecule has 2 N–H and O–H groups in total. The Kier molecular flexibility index (Phi) is 5.28. The van der Waals surface area contributed by atoms with Crippen molar-refractivity contribution in [2.45, 2.75) is 0 Å². The van der Waals surface area contributed by atoms with Gasteiger partial charge in [-0.25, -0.2) is 0 Å². The molecule has 0 heterocycles. The molecule has 0 aliphatic rings. The van der Waals surface area contributed by atoms with Crippen LogP contribution in [0.1, 0.15) is 15.9 Å². The number of ketones is 1. The van der Waals surface area contributed by atoms with Gasteiger partial charge in [0.2, 0.25) is 0 Å². The first-order valence-corrected chi connectivity index (χ1v) is 7.41. The first kappa shape index (κ1) is 16.9. The first-order valence-electron chi connectivity index (χ1n) is 6.62. The molecule has 0 saturated heterocycles. The Bertz CT molecular complexity index is 768. The van der Waals surface area contributed by atoms with Crippen LogP contribution in [0.25, 0.3) is 6.08 Å². The van der Waals surface area contributed by atoms with E-state index in [2.05, 4.69) is 15.9 Å². The second kappa shape index (κ2) is 7.19. The zero-order chi connectivity index (χ0) is 17.0. The minimum Gasteiger partial charge on any atom is -0.507 e. The van der Waals surface area contributed by atoms with E-state index in [0.717, 1.165) is 4.47 Å². The third-order valence-corrected chi connectivity index (χ3v) is 3.65. The fourth-order valence-electron chi connectivity index (χ4n) is 2.01. The van der Waals surface area contributed by atoms with Crippen LogP contribution in [0.15, 0.2) is 40.9 Å². The number of benzene rings is 2. The van der Waals surface area contributed by atoms with Gasteiger partial charge in [0, 0.05) is 22.2 Å². The average molecular weight is 379 g/mol. The Labute approximate surface area is 141 Å². The summed E-state index contributed by atoms with van der Waals surface area (Å²) in [6, 6.07) is 7.72. The molecule has 0 fully saturated rings. The maximum Gasteiger partial charge on any atom is 0.193 e. The molecular formula is C17H15BrO5. The largest absolute Gasteiger partial charge is 0.507 e. The molecule has 0 spiro atoms. The molecule has 0 aliphatic heterocycles. The van der Waals surface area contributed by atoms with Gasteiger partial charge in [0.15, 0.2) is 5.78 Å². The van der Waals surface area contributed by atoms with Crippen molar-refractivity contribution in [3.05, 3.63) is 52.0 Å². The number of hydrogen-bond donors (Lipinski definition) is 2. The fourth-order valence-corrected chi connectivity index (χ4v) is 2.39. The fraction of sp³-hybridized carbons (Fsp3) is 0.118. The lowest BCUT2D eigenvalue weighted by Gasteiger charge is -2.10. The van der Waals surface area contributed by atoms with Crippen LogP contribution in [-0.4, -0.2) is 30.2 Å². The third kappa shape index (κ3) is 3.84. The van der Waals surface area contributed by atoms with E-state index in [1.54, 1.807) is 12.1 Å². The van der Waals surface area contributed by atoms with E-state index in [1.165, 1.54) is 44.6 Å². The Morgan fingerprint density at radius 2 is 1.83 bits per heavy atom. The number of halogens is 1. The summed E-state index contributed by atoms with van der Waals surface area (Å²) in [7, 11) is 2.85. The van der Waals surface area contributed by atoms with Crippen molar-refractivity contribution in [1.82, 2.24) is 0 Å². The molecule has 0 atom stereocenters. The van der Waals surface area contributed by atoms with Gasteiger partial charge in [-0.1, -0.05) is 15.9 Å². The molecule has 0 amide bonds. The number of allylic oxidation sites excluding steroid dienone is 1. The summed E-state index contributed by atoms with van der Waals surface area (Å²) in [4.78, 5) is 12.4. The summed E-state index contributed by atoms with van der Waals surface area (Å²) in [6.45, 7) is 0. The van der Waals surface area contributed by atoms with Gasteiger partial charge in [0.25, 0.3) is 0 Å². The van der Waals surface area contributed by atoms with Crippen molar-refractivity contribution in [2.24, 2.45) is 0 Å². The maximum atomic E-state index is 12.4. The molecule has 2 rings (SSSR count). The highest BCUT2D eigenvalue weighted by Crippen LogP contribution is 2.34. The number of rotatable bonds is 5. The quantitative estimate of drug-likeness (QED) is 0.611. The number of carbonyl (C=O) groups is 1. The molecule has 2 aromatic rings. The Morgan fingerprint density at radius 3 is 2.48 bits per heavy atom. The summed E-state index contributed by atoms with van der Waals surface area (Å²) < 4.78 is 10.9. The second-order valence-corrected chi connectivity index (χ2v) is 5.54. The Morgan fingerprint density at radius 1 is 1.09 bits per heavy atom. The van der Waals surface area contributed by atoms with E-state index < -0.39 is 5.78 Å². The highest BCUT2D eigenvalue weighted by molar-refractivity contribution is 9.10. The predicted octanol–water partition coefficient (Wildman–Crippen LogP) is 3.77. The smallest absolute Gasteiger partial charge is 0.193 e. The molecule has 2 aromatic carbocycles. The minimum absolute atomic E-state index is 0.0269. The van der Waals surface area contributed by atoms with Crippen LogP contribution < -0.4 is 9.47 Å². The topological polar surface area (TPSA) is 76.0 Å². The van der Waals surface area contributed by atoms with Gasteiger partial charge in [0.1, 0.15) is 28.6 Å². The van der Waals surface area contributed by atoms with Crippen LogP contribution in [0, 0.1) is 0 Å². The standard InChI is InChI=1S/C17H15BrO5/c1-22-12-8-15(21)17(16(9-12)23-2)14(20)5-3-10-7-11(18)4-6-13(10)19/h3-9,19,21H,1-2H3/b5-3+. The summed E-state index contributed by atoms with van der Waals surface area (Å²) in [5.41, 5.74) is 0.499. The molecule has 0 saturated carbocycles. The summed E-state index contributed by atoms with van der Waals surface area (Å²) in [6.07, 6.45) is 2.72. The van der Waals surface area contributed by atoms with E-state index in [0.29, 0.717) is 11.3 Å². The monoisotopic (exact) mass is 378 g/mol. The van der Waals surface area contributed by atoms with E-state index in [1.807, 2.05) is 0 Å². The number of aromatic hydroxyl groups is 2. The summed E-state index contributed by atoms with van der Waals surface area (Å²) in [5.74, 6) is -0.0710. The van der Waals surface area contributed by atoms with Crippen molar-refractivity contribution < 1.29 is 24.5 Å². The van der Waals surface area contributed by atoms with Crippen LogP contribution in [0.3, 0.4) is 0 Å². The number of carbonyl (C=O) groups excluding carboxylic acids is 1. The van der Waals surface area contributed by atoms with Gasteiger partial charge in [-0.05, 0) is 30.4 Å². The Hall–Kier alpha value is -2.47. The van der Waals surface area contributed by atoms with Gasteiger partial charge in [-0.3, -0.25) is 4.79 Å². The SMILES string of the molecule is COc1cc(O)c(C(=O)/C=C/c2cc(Br)ccc2O)c(OC)c1. The molecule has 120 valence electrons. The second-order valence-electron chi connectivity index (χ2n) is 4.62. The molecular weight excluding hydrogens is 364 g/mol. The highest BCUT2D eigenvalue weighted by atomic mass is 79.9. The predicted molar refractivity (Wildman–Crippen MR) is 90.4 cm³/mol. The molecule has 0 unspecified atom stereocenters. The lowest BCUT2D eigenvalue weighted by atomic mass is 10.1. The lowest BCUT2D eigenvalue weighted by molar-refractivity contribution is 0.104. The maximum absolute atomic E-state index is 12.4. The number of phenolic OH excluding ortho intramolecular Hbond substituents is 2. The van der Waals surface area contributed by atoms with Crippen LogP contribution >= 0.6 is 15.9 Å². The van der Waals surface area contributed by atoms with Crippen LogP contribution in [0.5, 0.6) is 23.0 Å². The molecule has 23 heavy (non-hydrogen) atoms. The number of phenols is 2. The molecule has 5 nitrogen and oxygen atoms in total. The molecule has 0 aromatic heterocycles.